The van der Waals surface area contributed by atoms with Gasteiger partial charge in [-0.05, 0) is 51.8 Å². The van der Waals surface area contributed by atoms with Crippen LogP contribution in [0.15, 0.2) is 45.1 Å². The second-order valence-corrected chi connectivity index (χ2v) is 8.94. The van der Waals surface area contributed by atoms with E-state index in [1.807, 2.05) is 13.8 Å². The van der Waals surface area contributed by atoms with Crippen molar-refractivity contribution in [2.75, 3.05) is 0 Å². The smallest absolute Gasteiger partial charge is 0.336 e. The highest BCUT2D eigenvalue weighted by Crippen LogP contribution is 2.46. The SMILES string of the molecule is CC(C)=CC(=O)O[C@@H]1c2c(ccc3ccc(=O)oc23)OC(C)(C)[C@H]1OC(=O)CC(C)C. The van der Waals surface area contributed by atoms with Crippen molar-refractivity contribution in [1.29, 1.82) is 0 Å². The number of esters is 2. The maximum absolute atomic E-state index is 12.6. The second-order valence-electron chi connectivity index (χ2n) is 8.94. The summed E-state index contributed by atoms with van der Waals surface area (Å²) in [5.41, 5.74) is -0.186. The summed E-state index contributed by atoms with van der Waals surface area (Å²) >= 11 is 0. The summed E-state index contributed by atoms with van der Waals surface area (Å²) in [7, 11) is 0. The molecule has 7 nitrogen and oxygen atoms in total. The number of hydrogen-bond acceptors (Lipinski definition) is 7. The normalized spacial score (nSPS) is 19.3. The molecule has 0 radical (unpaired) electrons. The number of carbonyl (C=O) groups excluding carboxylic acids is 2. The Kier molecular flexibility index (Phi) is 6.25. The summed E-state index contributed by atoms with van der Waals surface area (Å²) in [6.07, 6.45) is -0.404. The van der Waals surface area contributed by atoms with Crippen LogP contribution in [0.4, 0.5) is 0 Å². The summed E-state index contributed by atoms with van der Waals surface area (Å²) in [6.45, 7) is 10.9. The Morgan fingerprint density at radius 2 is 1.81 bits per heavy atom. The molecule has 2 atom stereocenters. The van der Waals surface area contributed by atoms with Gasteiger partial charge >= 0.3 is 17.6 Å². The topological polar surface area (TPSA) is 92.0 Å². The van der Waals surface area contributed by atoms with Crippen molar-refractivity contribution >= 4 is 22.9 Å². The summed E-state index contributed by atoms with van der Waals surface area (Å²) in [6, 6.07) is 6.42. The molecule has 2 heterocycles. The van der Waals surface area contributed by atoms with Gasteiger partial charge < -0.3 is 18.6 Å². The van der Waals surface area contributed by atoms with Crippen LogP contribution in [0.25, 0.3) is 11.0 Å². The molecule has 1 aromatic carbocycles. The van der Waals surface area contributed by atoms with E-state index >= 15 is 0 Å². The Morgan fingerprint density at radius 1 is 1.13 bits per heavy atom. The predicted octanol–water partition coefficient (Wildman–Crippen LogP) is 4.47. The van der Waals surface area contributed by atoms with Crippen molar-refractivity contribution in [2.45, 2.75) is 65.8 Å². The molecule has 1 aliphatic heterocycles. The van der Waals surface area contributed by atoms with Gasteiger partial charge in [-0.25, -0.2) is 9.59 Å². The second kappa shape index (κ2) is 8.57. The lowest BCUT2D eigenvalue weighted by molar-refractivity contribution is -0.188. The molecule has 1 aliphatic rings. The Hall–Kier alpha value is -3.09. The molecule has 7 heteroatoms. The van der Waals surface area contributed by atoms with Crippen molar-refractivity contribution in [3.8, 4) is 5.75 Å². The number of hydrogen-bond donors (Lipinski definition) is 0. The van der Waals surface area contributed by atoms with Crippen LogP contribution in [0, 0.1) is 5.92 Å². The van der Waals surface area contributed by atoms with Gasteiger partial charge in [0.2, 0.25) is 0 Å². The van der Waals surface area contributed by atoms with Gasteiger partial charge in [-0.15, -0.1) is 0 Å². The van der Waals surface area contributed by atoms with Gasteiger partial charge in [-0.1, -0.05) is 19.4 Å². The minimum atomic E-state index is -1.02. The molecule has 0 saturated carbocycles. The maximum atomic E-state index is 12.6. The van der Waals surface area contributed by atoms with E-state index in [2.05, 4.69) is 0 Å². The van der Waals surface area contributed by atoms with Crippen molar-refractivity contribution < 1.29 is 28.2 Å². The van der Waals surface area contributed by atoms with Crippen LogP contribution in [0.1, 0.15) is 59.6 Å². The maximum Gasteiger partial charge on any atom is 0.336 e. The molecule has 0 fully saturated rings. The molecule has 3 rings (SSSR count). The molecular formula is C24H28O7. The minimum Gasteiger partial charge on any atom is -0.483 e. The van der Waals surface area contributed by atoms with Crippen molar-refractivity contribution in [2.24, 2.45) is 5.92 Å². The molecule has 0 aliphatic carbocycles. The average Bonchev–Trinajstić information content (AvgIpc) is 2.62. The van der Waals surface area contributed by atoms with Crippen LogP contribution in [0.5, 0.6) is 5.75 Å². The molecule has 2 aromatic rings. The molecule has 0 bridgehead atoms. The van der Waals surface area contributed by atoms with Crippen LogP contribution < -0.4 is 10.4 Å². The summed E-state index contributed by atoms with van der Waals surface area (Å²) in [5.74, 6) is -0.519. The first-order valence-electron chi connectivity index (χ1n) is 10.3. The first-order valence-corrected chi connectivity index (χ1v) is 10.3. The predicted molar refractivity (Wildman–Crippen MR) is 115 cm³/mol. The van der Waals surface area contributed by atoms with Gasteiger partial charge in [-0.2, -0.15) is 0 Å². The van der Waals surface area contributed by atoms with Crippen LogP contribution in [0.3, 0.4) is 0 Å². The molecular weight excluding hydrogens is 400 g/mol. The van der Waals surface area contributed by atoms with Crippen molar-refractivity contribution in [3.05, 3.63) is 51.9 Å². The molecule has 166 valence electrons. The number of carbonyl (C=O) groups is 2. The van der Waals surface area contributed by atoms with E-state index in [0.717, 1.165) is 5.57 Å². The van der Waals surface area contributed by atoms with E-state index in [1.165, 1.54) is 12.1 Å². The lowest BCUT2D eigenvalue weighted by Crippen LogP contribution is -2.52. The first-order chi connectivity index (χ1) is 14.5. The van der Waals surface area contributed by atoms with Gasteiger partial charge in [-0.3, -0.25) is 4.79 Å². The molecule has 0 amide bonds. The monoisotopic (exact) mass is 428 g/mol. The molecule has 31 heavy (non-hydrogen) atoms. The van der Waals surface area contributed by atoms with Gasteiger partial charge in [0.05, 0.1) is 5.56 Å². The third-order valence-electron chi connectivity index (χ3n) is 4.89. The van der Waals surface area contributed by atoms with E-state index in [-0.39, 0.29) is 17.9 Å². The third kappa shape index (κ3) is 4.98. The average molecular weight is 428 g/mol. The summed E-state index contributed by atoms with van der Waals surface area (Å²) in [4.78, 5) is 37.1. The van der Waals surface area contributed by atoms with Crippen molar-refractivity contribution in [1.82, 2.24) is 0 Å². The van der Waals surface area contributed by atoms with E-state index in [4.69, 9.17) is 18.6 Å². The van der Waals surface area contributed by atoms with Gasteiger partial charge in [0.15, 0.2) is 12.2 Å². The van der Waals surface area contributed by atoms with E-state index in [9.17, 15) is 14.4 Å². The summed E-state index contributed by atoms with van der Waals surface area (Å²) < 4.78 is 23.2. The fraction of sp³-hybridized carbons (Fsp3) is 0.458. The highest BCUT2D eigenvalue weighted by molar-refractivity contribution is 5.86. The summed E-state index contributed by atoms with van der Waals surface area (Å²) in [5, 5.41) is 0.636. The number of allylic oxidation sites excluding steroid dienone is 1. The molecule has 0 spiro atoms. The molecule has 0 saturated heterocycles. The highest BCUT2D eigenvalue weighted by Gasteiger charge is 2.50. The van der Waals surface area contributed by atoms with Gasteiger partial charge in [0, 0.05) is 23.9 Å². The molecule has 1 aromatic heterocycles. The van der Waals surface area contributed by atoms with Crippen LogP contribution >= 0.6 is 0 Å². The zero-order chi connectivity index (χ0) is 22.9. The van der Waals surface area contributed by atoms with Gasteiger partial charge in [0.25, 0.3) is 0 Å². The number of rotatable bonds is 5. The van der Waals surface area contributed by atoms with Crippen LogP contribution in [-0.4, -0.2) is 23.6 Å². The zero-order valence-corrected chi connectivity index (χ0v) is 18.7. The molecule has 0 unspecified atom stereocenters. The van der Waals surface area contributed by atoms with Crippen molar-refractivity contribution in [3.63, 3.8) is 0 Å². The standard InChI is InChI=1S/C24H28O7/c1-13(2)11-18(26)29-22-20-16(9-7-15-8-10-17(25)28-21(15)20)31-24(5,6)23(22)30-19(27)12-14(3)4/h7-11,14,22-23H,12H2,1-6H3/t22-,23+/m1/s1. The zero-order valence-electron chi connectivity index (χ0n) is 18.7. The fourth-order valence-electron chi connectivity index (χ4n) is 3.59. The van der Waals surface area contributed by atoms with E-state index in [0.29, 0.717) is 16.7 Å². The number of fused-ring (bicyclic) bond motifs is 3. The largest absolute Gasteiger partial charge is 0.483 e. The van der Waals surface area contributed by atoms with E-state index < -0.39 is 35.4 Å². The lowest BCUT2D eigenvalue weighted by atomic mass is 9.87. The molecule has 0 N–H and O–H groups in total. The Morgan fingerprint density at radius 3 is 2.45 bits per heavy atom. The number of ether oxygens (including phenoxy) is 3. The minimum absolute atomic E-state index is 0.0953. The Balaban J connectivity index is 2.17. The van der Waals surface area contributed by atoms with E-state index in [1.54, 1.807) is 45.9 Å². The Bertz CT molecular complexity index is 1090. The van der Waals surface area contributed by atoms with Gasteiger partial charge in [0.1, 0.15) is 16.9 Å². The quantitative estimate of drug-likeness (QED) is 0.394. The number of benzene rings is 1. The highest BCUT2D eigenvalue weighted by atomic mass is 16.6. The lowest BCUT2D eigenvalue weighted by Gasteiger charge is -2.43. The van der Waals surface area contributed by atoms with Crippen LogP contribution in [-0.2, 0) is 19.1 Å². The first kappa shape index (κ1) is 22.6. The van der Waals surface area contributed by atoms with Crippen LogP contribution in [0.2, 0.25) is 0 Å². The third-order valence-corrected chi connectivity index (χ3v) is 4.89. The Labute approximate surface area is 181 Å². The fourth-order valence-corrected chi connectivity index (χ4v) is 3.59.